The Kier molecular flexibility index (Phi) is 4.45. The lowest BCUT2D eigenvalue weighted by molar-refractivity contribution is 0.350. The molecule has 1 rings (SSSR count). The van der Waals surface area contributed by atoms with Gasteiger partial charge in [0, 0.05) is 7.05 Å². The number of hydrogen-bond acceptors (Lipinski definition) is 3. The molecule has 0 aliphatic heterocycles. The van der Waals surface area contributed by atoms with Crippen molar-refractivity contribution in [1.29, 1.82) is 0 Å². The first-order chi connectivity index (χ1) is 7.98. The minimum Gasteiger partial charge on any atom is -0.384 e. The van der Waals surface area contributed by atoms with Gasteiger partial charge in [-0.25, -0.2) is 9.11 Å². The lowest BCUT2D eigenvalue weighted by Crippen LogP contribution is -2.26. The molecule has 5 nitrogen and oxygen atoms in total. The van der Waals surface area contributed by atoms with Gasteiger partial charge in [0.15, 0.2) is 0 Å². The van der Waals surface area contributed by atoms with Gasteiger partial charge in [-0.05, 0) is 18.2 Å². The fourth-order valence-corrected chi connectivity index (χ4v) is 1.56. The summed E-state index contributed by atoms with van der Waals surface area (Å²) < 4.78 is 39.8. The van der Waals surface area contributed by atoms with E-state index in [0.717, 1.165) is 6.07 Å². The van der Waals surface area contributed by atoms with E-state index in [0.29, 0.717) is 0 Å². The summed E-state index contributed by atoms with van der Waals surface area (Å²) in [5.74, 6) is 4.03. The van der Waals surface area contributed by atoms with Gasteiger partial charge in [0.05, 0.1) is 11.3 Å². The number of benzene rings is 1. The third-order valence-corrected chi connectivity index (χ3v) is 2.83. The molecular weight excluding hydrogens is 247 g/mol. The van der Waals surface area contributed by atoms with Crippen molar-refractivity contribution in [2.75, 3.05) is 18.4 Å². The normalized spacial score (nSPS) is 10.5. The van der Waals surface area contributed by atoms with Crippen LogP contribution in [0.25, 0.3) is 0 Å². The summed E-state index contributed by atoms with van der Waals surface area (Å²) in [5, 5.41) is 8.46. The molecule has 1 aromatic carbocycles. The van der Waals surface area contributed by atoms with Gasteiger partial charge < -0.3 is 5.11 Å². The van der Waals surface area contributed by atoms with Crippen LogP contribution in [0.15, 0.2) is 18.2 Å². The molecule has 0 saturated heterocycles. The van der Waals surface area contributed by atoms with Crippen LogP contribution in [0.3, 0.4) is 0 Å². The highest BCUT2D eigenvalue weighted by Gasteiger charge is 2.08. The van der Waals surface area contributed by atoms with Gasteiger partial charge in [-0.15, -0.1) is 0 Å². The second-order valence-corrected chi connectivity index (χ2v) is 4.58. The quantitative estimate of drug-likeness (QED) is 0.670. The molecule has 92 valence electrons. The SMILES string of the molecule is CNS(=O)(=O)Nc1ccc(C#CCO)c(F)c1. The van der Waals surface area contributed by atoms with Gasteiger partial charge in [0.25, 0.3) is 10.2 Å². The number of halogens is 1. The number of rotatable bonds is 3. The molecule has 0 amide bonds. The number of nitrogens with one attached hydrogen (secondary N) is 2. The van der Waals surface area contributed by atoms with Crippen LogP contribution in [0.4, 0.5) is 10.1 Å². The Balaban J connectivity index is 2.97. The second kappa shape index (κ2) is 5.63. The molecule has 3 N–H and O–H groups in total. The highest BCUT2D eigenvalue weighted by Crippen LogP contribution is 2.14. The Morgan fingerprint density at radius 3 is 2.71 bits per heavy atom. The molecule has 0 bridgehead atoms. The third kappa shape index (κ3) is 4.03. The number of aliphatic hydroxyl groups is 1. The van der Waals surface area contributed by atoms with Crippen molar-refractivity contribution in [2.24, 2.45) is 0 Å². The monoisotopic (exact) mass is 258 g/mol. The summed E-state index contributed by atoms with van der Waals surface area (Å²) in [6.07, 6.45) is 0. The van der Waals surface area contributed by atoms with Gasteiger partial charge in [0.1, 0.15) is 12.4 Å². The van der Waals surface area contributed by atoms with Crippen LogP contribution in [0.5, 0.6) is 0 Å². The zero-order valence-corrected chi connectivity index (χ0v) is 9.81. The van der Waals surface area contributed by atoms with Gasteiger partial charge in [-0.3, -0.25) is 4.72 Å². The van der Waals surface area contributed by atoms with Gasteiger partial charge in [-0.2, -0.15) is 8.42 Å². The molecule has 0 unspecified atom stereocenters. The third-order valence-electron chi connectivity index (χ3n) is 1.79. The maximum absolute atomic E-state index is 13.4. The summed E-state index contributed by atoms with van der Waals surface area (Å²) in [5.41, 5.74) is 0.179. The number of aliphatic hydroxyl groups excluding tert-OH is 1. The molecule has 0 heterocycles. The number of anilines is 1. The van der Waals surface area contributed by atoms with Gasteiger partial charge >= 0.3 is 0 Å². The Bertz CT molecular complexity index is 561. The summed E-state index contributed by atoms with van der Waals surface area (Å²) in [6, 6.07) is 3.71. The topological polar surface area (TPSA) is 78.4 Å². The molecule has 0 saturated carbocycles. The van der Waals surface area contributed by atoms with Crippen LogP contribution < -0.4 is 9.44 Å². The van der Waals surface area contributed by atoms with E-state index < -0.39 is 16.0 Å². The average Bonchev–Trinajstić information content (AvgIpc) is 2.27. The van der Waals surface area contributed by atoms with Crippen LogP contribution in [0, 0.1) is 17.7 Å². The largest absolute Gasteiger partial charge is 0.384 e. The Morgan fingerprint density at radius 2 is 2.18 bits per heavy atom. The smallest absolute Gasteiger partial charge is 0.298 e. The minimum absolute atomic E-state index is 0.0893. The molecule has 0 aliphatic rings. The summed E-state index contributed by atoms with van der Waals surface area (Å²) in [7, 11) is -2.43. The van der Waals surface area contributed by atoms with Crippen molar-refractivity contribution < 1.29 is 17.9 Å². The zero-order chi connectivity index (χ0) is 12.9. The minimum atomic E-state index is -3.66. The molecule has 7 heteroatoms. The van der Waals surface area contributed by atoms with Crippen molar-refractivity contribution in [3.8, 4) is 11.8 Å². The maximum Gasteiger partial charge on any atom is 0.298 e. The van der Waals surface area contributed by atoms with E-state index in [-0.39, 0.29) is 17.9 Å². The first kappa shape index (κ1) is 13.4. The molecule has 0 radical (unpaired) electrons. The van der Waals surface area contributed by atoms with Crippen molar-refractivity contribution in [2.45, 2.75) is 0 Å². The highest BCUT2D eigenvalue weighted by molar-refractivity contribution is 7.90. The van der Waals surface area contributed by atoms with Crippen molar-refractivity contribution in [3.05, 3.63) is 29.6 Å². The average molecular weight is 258 g/mol. The van der Waals surface area contributed by atoms with E-state index in [1.807, 2.05) is 4.72 Å². The lowest BCUT2D eigenvalue weighted by Gasteiger charge is -2.06. The first-order valence-electron chi connectivity index (χ1n) is 4.59. The lowest BCUT2D eigenvalue weighted by atomic mass is 10.2. The van der Waals surface area contributed by atoms with Crippen LogP contribution in [0.1, 0.15) is 5.56 Å². The summed E-state index contributed by atoms with van der Waals surface area (Å²) >= 11 is 0. The van der Waals surface area contributed by atoms with E-state index in [1.165, 1.54) is 19.2 Å². The predicted octanol–water partition coefficient (Wildman–Crippen LogP) is 0.0456. The van der Waals surface area contributed by atoms with Crippen molar-refractivity contribution >= 4 is 15.9 Å². The molecule has 0 spiro atoms. The molecule has 0 atom stereocenters. The number of hydrogen-bond donors (Lipinski definition) is 3. The van der Waals surface area contributed by atoms with Crippen LogP contribution in [0.2, 0.25) is 0 Å². The van der Waals surface area contributed by atoms with Crippen LogP contribution in [-0.2, 0) is 10.2 Å². The molecule has 1 aromatic rings. The maximum atomic E-state index is 13.4. The Hall–Kier alpha value is -1.62. The molecule has 0 aromatic heterocycles. The molecule has 0 fully saturated rings. The van der Waals surface area contributed by atoms with E-state index in [9.17, 15) is 12.8 Å². The predicted molar refractivity (Wildman–Crippen MR) is 62.0 cm³/mol. The van der Waals surface area contributed by atoms with Gasteiger partial charge in [0.2, 0.25) is 0 Å². The van der Waals surface area contributed by atoms with E-state index >= 15 is 0 Å². The van der Waals surface area contributed by atoms with Crippen LogP contribution >= 0.6 is 0 Å². The first-order valence-corrected chi connectivity index (χ1v) is 6.07. The fraction of sp³-hybridized carbons (Fsp3) is 0.200. The van der Waals surface area contributed by atoms with E-state index in [4.69, 9.17) is 5.11 Å². The molecule has 17 heavy (non-hydrogen) atoms. The second-order valence-electron chi connectivity index (χ2n) is 2.96. The summed E-state index contributed by atoms with van der Waals surface area (Å²) in [6.45, 7) is -0.367. The van der Waals surface area contributed by atoms with Crippen molar-refractivity contribution in [1.82, 2.24) is 4.72 Å². The van der Waals surface area contributed by atoms with E-state index in [1.54, 1.807) is 0 Å². The Labute approximate surface area is 98.8 Å². The van der Waals surface area contributed by atoms with Crippen LogP contribution in [-0.4, -0.2) is 27.2 Å². The fourth-order valence-electron chi connectivity index (χ4n) is 1.02. The van der Waals surface area contributed by atoms with E-state index in [2.05, 4.69) is 16.6 Å². The molecule has 0 aliphatic carbocycles. The van der Waals surface area contributed by atoms with Gasteiger partial charge in [-0.1, -0.05) is 11.8 Å². The highest BCUT2D eigenvalue weighted by atomic mass is 32.2. The zero-order valence-electron chi connectivity index (χ0n) is 8.99. The Morgan fingerprint density at radius 1 is 1.47 bits per heavy atom. The molecular formula is C10H11FN2O3S. The van der Waals surface area contributed by atoms with Crippen molar-refractivity contribution in [3.63, 3.8) is 0 Å². The standard InChI is InChI=1S/C10H11FN2O3S/c1-12-17(15,16)13-9-5-4-8(3-2-6-14)10(11)7-9/h4-5,7,12-14H,6H2,1H3. The summed E-state index contributed by atoms with van der Waals surface area (Å²) in [4.78, 5) is 0.